The van der Waals surface area contributed by atoms with Gasteiger partial charge in [0.15, 0.2) is 0 Å². The van der Waals surface area contributed by atoms with E-state index in [4.69, 9.17) is 10.5 Å². The summed E-state index contributed by atoms with van der Waals surface area (Å²) in [5, 5.41) is 5.52. The number of amidine groups is 1. The summed E-state index contributed by atoms with van der Waals surface area (Å²) in [5.41, 5.74) is 4.45. The molecule has 1 aliphatic rings. The van der Waals surface area contributed by atoms with Gasteiger partial charge in [-0.05, 0) is 20.8 Å². The zero-order valence-electron chi connectivity index (χ0n) is 12.2. The van der Waals surface area contributed by atoms with Crippen molar-refractivity contribution in [2.75, 3.05) is 32.7 Å². The van der Waals surface area contributed by atoms with E-state index in [1.165, 1.54) is 0 Å². The average Bonchev–Trinajstić information content (AvgIpc) is 2.33. The molecule has 1 heterocycles. The molecule has 3 amide bonds. The first-order chi connectivity index (χ1) is 9.28. The fraction of sp³-hybridized carbons (Fsp3) is 0.750. The van der Waals surface area contributed by atoms with Gasteiger partial charge in [0.1, 0.15) is 11.4 Å². The Balaban J connectivity index is 2.36. The van der Waals surface area contributed by atoms with Crippen molar-refractivity contribution in [2.24, 2.45) is 10.7 Å². The van der Waals surface area contributed by atoms with E-state index >= 15 is 0 Å². The summed E-state index contributed by atoms with van der Waals surface area (Å²) in [7, 11) is 0. The Bertz CT molecular complexity index is 389. The number of carbonyl (C=O) groups is 2. The zero-order valence-corrected chi connectivity index (χ0v) is 12.2. The number of urea groups is 1. The van der Waals surface area contributed by atoms with E-state index in [0.717, 1.165) is 0 Å². The molecule has 0 aromatic carbocycles. The Morgan fingerprint density at radius 2 is 2.10 bits per heavy atom. The highest BCUT2D eigenvalue weighted by atomic mass is 16.6. The van der Waals surface area contributed by atoms with Crippen LogP contribution in [0.4, 0.5) is 9.59 Å². The number of primary amides is 1. The maximum absolute atomic E-state index is 11.9. The molecule has 0 radical (unpaired) electrons. The summed E-state index contributed by atoms with van der Waals surface area (Å²) in [4.78, 5) is 28.3. The average molecular weight is 285 g/mol. The minimum atomic E-state index is -0.562. The number of hydrogen-bond acceptors (Lipinski definition) is 5. The second-order valence-corrected chi connectivity index (χ2v) is 5.45. The Hall–Kier alpha value is -1.99. The van der Waals surface area contributed by atoms with Crippen LogP contribution in [0.1, 0.15) is 20.8 Å². The molecule has 0 aromatic rings. The third-order valence-electron chi connectivity index (χ3n) is 2.42. The number of aliphatic imine (C=N–C) groups is 1. The van der Waals surface area contributed by atoms with Gasteiger partial charge in [0.25, 0.3) is 0 Å². The molecule has 114 valence electrons. The van der Waals surface area contributed by atoms with E-state index in [1.54, 1.807) is 4.90 Å². The van der Waals surface area contributed by atoms with Crippen molar-refractivity contribution < 1.29 is 14.3 Å². The van der Waals surface area contributed by atoms with Gasteiger partial charge in [-0.25, -0.2) is 9.59 Å². The van der Waals surface area contributed by atoms with Crippen LogP contribution in [0.15, 0.2) is 4.99 Å². The molecule has 0 fully saturated rings. The molecule has 0 saturated heterocycles. The molecule has 0 spiro atoms. The van der Waals surface area contributed by atoms with Crippen LogP contribution in [0.25, 0.3) is 0 Å². The number of rotatable bonds is 3. The van der Waals surface area contributed by atoms with Crippen LogP contribution < -0.4 is 16.4 Å². The van der Waals surface area contributed by atoms with Crippen LogP contribution in [-0.2, 0) is 4.74 Å². The lowest BCUT2D eigenvalue weighted by atomic mass is 10.2. The largest absolute Gasteiger partial charge is 0.444 e. The van der Waals surface area contributed by atoms with Crippen molar-refractivity contribution in [3.05, 3.63) is 0 Å². The predicted octanol–water partition coefficient (Wildman–Crippen LogP) is -0.106. The number of nitrogens with one attached hydrogen (secondary N) is 2. The first-order valence-corrected chi connectivity index (χ1v) is 6.56. The smallest absolute Gasteiger partial charge is 0.410 e. The highest BCUT2D eigenvalue weighted by molar-refractivity contribution is 5.87. The van der Waals surface area contributed by atoms with Gasteiger partial charge in [-0.1, -0.05) is 0 Å². The summed E-state index contributed by atoms with van der Waals surface area (Å²) in [5.74, 6) is 0.702. The second kappa shape index (κ2) is 6.97. The Morgan fingerprint density at radius 3 is 2.70 bits per heavy atom. The molecule has 0 aromatic heterocycles. The zero-order chi connectivity index (χ0) is 15.2. The molecular weight excluding hydrogens is 262 g/mol. The normalized spacial score (nSPS) is 15.3. The predicted molar refractivity (Wildman–Crippen MR) is 75.7 cm³/mol. The van der Waals surface area contributed by atoms with Crippen LogP contribution in [-0.4, -0.2) is 61.2 Å². The maximum atomic E-state index is 11.9. The number of hydrogen-bond donors (Lipinski definition) is 3. The fourth-order valence-electron chi connectivity index (χ4n) is 1.60. The van der Waals surface area contributed by atoms with Crippen LogP contribution in [0.2, 0.25) is 0 Å². The Labute approximate surface area is 118 Å². The molecule has 0 unspecified atom stereocenters. The first-order valence-electron chi connectivity index (χ1n) is 6.56. The lowest BCUT2D eigenvalue weighted by Crippen LogP contribution is -2.48. The molecule has 4 N–H and O–H groups in total. The van der Waals surface area contributed by atoms with E-state index in [0.29, 0.717) is 38.6 Å². The van der Waals surface area contributed by atoms with Crippen molar-refractivity contribution in [3.8, 4) is 0 Å². The van der Waals surface area contributed by atoms with Crippen LogP contribution in [0, 0.1) is 0 Å². The molecule has 0 aliphatic carbocycles. The lowest BCUT2D eigenvalue weighted by Gasteiger charge is -2.29. The molecule has 1 rings (SSSR count). The molecular formula is C12H23N5O3. The number of nitrogens with two attached hydrogens (primary N) is 1. The van der Waals surface area contributed by atoms with Crippen molar-refractivity contribution >= 4 is 18.0 Å². The summed E-state index contributed by atoms with van der Waals surface area (Å²) >= 11 is 0. The molecule has 1 aliphatic heterocycles. The molecule has 0 saturated carbocycles. The minimum Gasteiger partial charge on any atom is -0.444 e. The molecule has 0 atom stereocenters. The van der Waals surface area contributed by atoms with Gasteiger partial charge in [-0.15, -0.1) is 0 Å². The van der Waals surface area contributed by atoms with Crippen molar-refractivity contribution in [3.63, 3.8) is 0 Å². The molecule has 0 bridgehead atoms. The summed E-state index contributed by atoms with van der Waals surface area (Å²) in [6.07, 6.45) is -0.345. The van der Waals surface area contributed by atoms with E-state index in [2.05, 4.69) is 15.6 Å². The van der Waals surface area contributed by atoms with Gasteiger partial charge < -0.3 is 21.1 Å². The number of ether oxygens (including phenoxy) is 1. The van der Waals surface area contributed by atoms with Gasteiger partial charge in [-0.3, -0.25) is 9.89 Å². The maximum Gasteiger partial charge on any atom is 0.410 e. The minimum absolute atomic E-state index is 0.345. The molecule has 8 nitrogen and oxygen atoms in total. The number of carbonyl (C=O) groups excluding carboxylic acids is 2. The van der Waals surface area contributed by atoms with Crippen LogP contribution >= 0.6 is 0 Å². The van der Waals surface area contributed by atoms with Crippen LogP contribution in [0.5, 0.6) is 0 Å². The highest BCUT2D eigenvalue weighted by Crippen LogP contribution is 2.10. The monoisotopic (exact) mass is 285 g/mol. The van der Waals surface area contributed by atoms with E-state index in [-0.39, 0.29) is 6.09 Å². The number of nitrogens with zero attached hydrogens (tertiary/aromatic N) is 2. The van der Waals surface area contributed by atoms with Crippen LogP contribution in [0.3, 0.4) is 0 Å². The van der Waals surface area contributed by atoms with E-state index in [1.807, 2.05) is 20.8 Å². The van der Waals surface area contributed by atoms with E-state index < -0.39 is 11.6 Å². The molecule has 8 heteroatoms. The third-order valence-corrected chi connectivity index (χ3v) is 2.42. The fourth-order valence-corrected chi connectivity index (χ4v) is 1.60. The summed E-state index contributed by atoms with van der Waals surface area (Å²) < 4.78 is 5.31. The third kappa shape index (κ3) is 6.26. The van der Waals surface area contributed by atoms with Crippen molar-refractivity contribution in [1.82, 2.24) is 15.5 Å². The SMILES string of the molecule is CC(C)(C)OC(=O)N1CCN=C(NCCNC(N)=O)C1. The first kappa shape index (κ1) is 16.1. The quantitative estimate of drug-likeness (QED) is 0.629. The molecule has 20 heavy (non-hydrogen) atoms. The van der Waals surface area contributed by atoms with Gasteiger partial charge in [0.05, 0.1) is 13.1 Å². The second-order valence-electron chi connectivity index (χ2n) is 5.45. The van der Waals surface area contributed by atoms with Gasteiger partial charge >= 0.3 is 12.1 Å². The number of amides is 3. The Morgan fingerprint density at radius 1 is 1.40 bits per heavy atom. The van der Waals surface area contributed by atoms with Crippen molar-refractivity contribution in [2.45, 2.75) is 26.4 Å². The lowest BCUT2D eigenvalue weighted by molar-refractivity contribution is 0.0276. The topological polar surface area (TPSA) is 109 Å². The summed E-state index contributed by atoms with van der Waals surface area (Å²) in [6, 6.07) is -0.562. The van der Waals surface area contributed by atoms with Gasteiger partial charge in [-0.2, -0.15) is 0 Å². The van der Waals surface area contributed by atoms with E-state index in [9.17, 15) is 9.59 Å². The van der Waals surface area contributed by atoms with Crippen molar-refractivity contribution in [1.29, 1.82) is 0 Å². The summed E-state index contributed by atoms with van der Waals surface area (Å²) in [6.45, 7) is 7.85. The highest BCUT2D eigenvalue weighted by Gasteiger charge is 2.24. The van der Waals surface area contributed by atoms with Gasteiger partial charge in [0, 0.05) is 19.6 Å². The Kier molecular flexibility index (Phi) is 5.60. The standard InChI is InChI=1S/C12H23N5O3/c1-12(2,3)20-11(19)17-7-6-15-9(8-17)14-4-5-16-10(13)18/h4-8H2,1-3H3,(H,14,15)(H3,13,16,18). The van der Waals surface area contributed by atoms with Gasteiger partial charge in [0.2, 0.25) is 0 Å².